The van der Waals surface area contributed by atoms with Gasteiger partial charge < -0.3 is 24.2 Å². The van der Waals surface area contributed by atoms with Crippen molar-refractivity contribution in [3.8, 4) is 28.5 Å². The molecule has 1 amide bonds. The van der Waals surface area contributed by atoms with Crippen molar-refractivity contribution in [2.45, 2.75) is 45.4 Å². The number of nitrogens with zero attached hydrogens (tertiary/aromatic N) is 2. The number of carbonyl (C=O) groups is 1. The number of aromatic hydroxyl groups is 1. The first kappa shape index (κ1) is 26.0. The van der Waals surface area contributed by atoms with Gasteiger partial charge in [-0.05, 0) is 67.1 Å². The Bertz CT molecular complexity index is 1520. The van der Waals surface area contributed by atoms with Crippen LogP contribution in [0.3, 0.4) is 0 Å². The second-order valence-corrected chi connectivity index (χ2v) is 10.5. The Morgan fingerprint density at radius 3 is 2.65 bits per heavy atom. The summed E-state index contributed by atoms with van der Waals surface area (Å²) in [4.78, 5) is 15.6. The van der Waals surface area contributed by atoms with Crippen molar-refractivity contribution in [2.24, 2.45) is 0 Å². The maximum atomic E-state index is 13.8. The number of amides is 1. The van der Waals surface area contributed by atoms with Crippen molar-refractivity contribution in [1.82, 2.24) is 15.1 Å². The number of aromatic amines is 1. The minimum Gasteiger partial charge on any atom is -0.507 e. The number of ether oxygens (including phenoxy) is 3. The van der Waals surface area contributed by atoms with Crippen LogP contribution in [-0.2, 0) is 11.3 Å². The topological polar surface area (TPSA) is 96.9 Å². The van der Waals surface area contributed by atoms with E-state index in [1.54, 1.807) is 13.2 Å². The van der Waals surface area contributed by atoms with Gasteiger partial charge in [-0.3, -0.25) is 9.89 Å². The molecule has 0 saturated carbocycles. The normalized spacial score (nSPS) is 18.3. The number of methoxy groups -OCH3 is 1. The van der Waals surface area contributed by atoms with Crippen LogP contribution in [0, 0.1) is 13.8 Å². The number of benzene rings is 3. The van der Waals surface area contributed by atoms with Crippen LogP contribution in [0.4, 0.5) is 0 Å². The van der Waals surface area contributed by atoms with Gasteiger partial charge in [0, 0.05) is 24.3 Å². The number of carbonyl (C=O) groups excluding carboxylic acids is 1. The van der Waals surface area contributed by atoms with E-state index in [2.05, 4.69) is 10.2 Å². The van der Waals surface area contributed by atoms with Crippen LogP contribution < -0.4 is 9.47 Å². The third-order valence-electron chi connectivity index (χ3n) is 7.72. The summed E-state index contributed by atoms with van der Waals surface area (Å²) in [6.07, 6.45) is 1.85. The Hall–Kier alpha value is -4.30. The molecule has 1 saturated heterocycles. The number of hydrogen-bond acceptors (Lipinski definition) is 6. The second-order valence-electron chi connectivity index (χ2n) is 10.5. The summed E-state index contributed by atoms with van der Waals surface area (Å²) in [5, 5.41) is 18.5. The molecule has 0 aliphatic carbocycles. The number of aromatic nitrogens is 2. The maximum Gasteiger partial charge on any atom is 0.273 e. The maximum absolute atomic E-state index is 13.8. The number of rotatable bonds is 8. The van der Waals surface area contributed by atoms with Crippen LogP contribution in [0.2, 0.25) is 0 Å². The molecule has 2 unspecified atom stereocenters. The largest absolute Gasteiger partial charge is 0.507 e. The Balaban J connectivity index is 1.42. The highest BCUT2D eigenvalue weighted by atomic mass is 16.5. The SMILES string of the molecule is COc1cc(C2c3c(-c4c(C)cc(C)cc4O)n[nH]c3C(=O)N2CC2CCCO2)ccc1OCc1ccccc1. The summed E-state index contributed by atoms with van der Waals surface area (Å²) in [5.41, 5.74) is 6.12. The predicted octanol–water partition coefficient (Wildman–Crippen LogP) is 5.71. The molecule has 2 aliphatic heterocycles. The van der Waals surface area contributed by atoms with Gasteiger partial charge in [0.25, 0.3) is 5.91 Å². The summed E-state index contributed by atoms with van der Waals surface area (Å²) in [5.74, 6) is 1.19. The number of nitrogens with one attached hydrogen (secondary N) is 1. The minimum atomic E-state index is -0.447. The van der Waals surface area contributed by atoms with Gasteiger partial charge in [0.2, 0.25) is 0 Å². The second kappa shape index (κ2) is 10.7. The molecule has 0 spiro atoms. The van der Waals surface area contributed by atoms with E-state index in [4.69, 9.17) is 14.2 Å². The van der Waals surface area contributed by atoms with Gasteiger partial charge in [0.05, 0.1) is 19.3 Å². The zero-order valence-electron chi connectivity index (χ0n) is 22.9. The molecule has 1 aromatic heterocycles. The molecule has 206 valence electrons. The summed E-state index contributed by atoms with van der Waals surface area (Å²) in [7, 11) is 1.61. The lowest BCUT2D eigenvalue weighted by Crippen LogP contribution is -2.36. The van der Waals surface area contributed by atoms with Crippen molar-refractivity contribution in [3.05, 3.63) is 94.2 Å². The average molecular weight is 540 g/mol. The molecule has 4 aromatic rings. The lowest BCUT2D eigenvalue weighted by molar-refractivity contribution is 0.0495. The number of fused-ring (bicyclic) bond motifs is 1. The molecule has 40 heavy (non-hydrogen) atoms. The third-order valence-corrected chi connectivity index (χ3v) is 7.72. The number of phenols is 1. The molecule has 0 bridgehead atoms. The molecule has 3 aromatic carbocycles. The van der Waals surface area contributed by atoms with E-state index in [-0.39, 0.29) is 17.8 Å². The monoisotopic (exact) mass is 539 g/mol. The molecular weight excluding hydrogens is 506 g/mol. The van der Waals surface area contributed by atoms with Crippen LogP contribution in [0.5, 0.6) is 17.2 Å². The third kappa shape index (κ3) is 4.69. The van der Waals surface area contributed by atoms with Crippen LogP contribution in [0.1, 0.15) is 57.2 Å². The van der Waals surface area contributed by atoms with E-state index < -0.39 is 6.04 Å². The average Bonchev–Trinajstić information content (AvgIpc) is 3.67. The van der Waals surface area contributed by atoms with Gasteiger partial charge >= 0.3 is 0 Å². The number of H-pyrrole nitrogens is 1. The molecular formula is C32H33N3O5. The Labute approximate surface area is 233 Å². The summed E-state index contributed by atoms with van der Waals surface area (Å²) in [6.45, 7) is 5.45. The number of hydrogen-bond donors (Lipinski definition) is 2. The molecule has 2 atom stereocenters. The summed E-state index contributed by atoms with van der Waals surface area (Å²) in [6, 6.07) is 19.0. The molecule has 8 heteroatoms. The van der Waals surface area contributed by atoms with Crippen molar-refractivity contribution >= 4 is 5.91 Å². The predicted molar refractivity (Wildman–Crippen MR) is 151 cm³/mol. The minimum absolute atomic E-state index is 0.0308. The van der Waals surface area contributed by atoms with Gasteiger partial charge in [-0.1, -0.05) is 42.5 Å². The molecule has 2 aliphatic rings. The molecule has 2 N–H and O–H groups in total. The lowest BCUT2D eigenvalue weighted by atomic mass is 9.93. The summed E-state index contributed by atoms with van der Waals surface area (Å²) >= 11 is 0. The Morgan fingerprint density at radius 1 is 1.10 bits per heavy atom. The van der Waals surface area contributed by atoms with E-state index in [0.717, 1.165) is 40.7 Å². The van der Waals surface area contributed by atoms with Gasteiger partial charge in [-0.25, -0.2) is 0 Å². The first-order chi connectivity index (χ1) is 19.4. The van der Waals surface area contributed by atoms with E-state index in [0.29, 0.717) is 48.2 Å². The molecule has 8 nitrogen and oxygen atoms in total. The zero-order valence-corrected chi connectivity index (χ0v) is 22.9. The smallest absolute Gasteiger partial charge is 0.273 e. The first-order valence-electron chi connectivity index (χ1n) is 13.6. The van der Waals surface area contributed by atoms with Crippen LogP contribution in [0.25, 0.3) is 11.3 Å². The quantitative estimate of drug-likeness (QED) is 0.298. The van der Waals surface area contributed by atoms with Crippen LogP contribution in [0.15, 0.2) is 60.7 Å². The fourth-order valence-electron chi connectivity index (χ4n) is 5.89. The van der Waals surface area contributed by atoms with Crippen molar-refractivity contribution in [2.75, 3.05) is 20.3 Å². The Kier molecular flexibility index (Phi) is 6.94. The molecule has 3 heterocycles. The Morgan fingerprint density at radius 2 is 1.93 bits per heavy atom. The van der Waals surface area contributed by atoms with Gasteiger partial charge in [-0.15, -0.1) is 0 Å². The van der Waals surface area contributed by atoms with Crippen LogP contribution >= 0.6 is 0 Å². The molecule has 0 radical (unpaired) electrons. The van der Waals surface area contributed by atoms with Crippen molar-refractivity contribution < 1.29 is 24.1 Å². The van der Waals surface area contributed by atoms with Gasteiger partial charge in [0.15, 0.2) is 11.5 Å². The number of phenolic OH excluding ortho intramolecular Hbond substituents is 1. The van der Waals surface area contributed by atoms with Gasteiger partial charge in [0.1, 0.15) is 23.7 Å². The van der Waals surface area contributed by atoms with E-state index in [9.17, 15) is 9.90 Å². The van der Waals surface area contributed by atoms with E-state index in [1.807, 2.05) is 73.3 Å². The zero-order chi connectivity index (χ0) is 27.8. The fraction of sp³-hybridized carbons (Fsp3) is 0.312. The lowest BCUT2D eigenvalue weighted by Gasteiger charge is -2.29. The highest BCUT2D eigenvalue weighted by Crippen LogP contribution is 2.47. The standard InChI is InChI=1S/C32H33N3O5/c1-19-14-20(2)27(24(36)15-19)29-28-30(34-33-29)32(37)35(17-23-10-7-13-39-23)31(28)22-11-12-25(26(16-22)38-3)40-18-21-8-5-4-6-9-21/h4-6,8-9,11-12,14-16,23,31,36H,7,10,13,17-18H2,1-3H3,(H,33,34). The fourth-order valence-corrected chi connectivity index (χ4v) is 5.89. The molecule has 6 rings (SSSR count). The first-order valence-corrected chi connectivity index (χ1v) is 13.6. The number of aryl methyl sites for hydroxylation is 2. The highest BCUT2D eigenvalue weighted by molar-refractivity contribution is 6.00. The van der Waals surface area contributed by atoms with Crippen LogP contribution in [-0.4, -0.2) is 52.5 Å². The van der Waals surface area contributed by atoms with Crippen molar-refractivity contribution in [1.29, 1.82) is 0 Å². The van der Waals surface area contributed by atoms with E-state index >= 15 is 0 Å². The molecule has 1 fully saturated rings. The van der Waals surface area contributed by atoms with Gasteiger partial charge in [-0.2, -0.15) is 5.10 Å². The van der Waals surface area contributed by atoms with Crippen molar-refractivity contribution in [3.63, 3.8) is 0 Å². The summed E-state index contributed by atoms with van der Waals surface area (Å²) < 4.78 is 17.8. The highest BCUT2D eigenvalue weighted by Gasteiger charge is 2.44. The van der Waals surface area contributed by atoms with E-state index in [1.165, 1.54) is 0 Å².